The number of hydrogen-bond acceptors (Lipinski definition) is 2. The van der Waals surface area contributed by atoms with Crippen LogP contribution < -0.4 is 0 Å². The summed E-state index contributed by atoms with van der Waals surface area (Å²) < 4.78 is 4.74. The summed E-state index contributed by atoms with van der Waals surface area (Å²) in [4.78, 5) is 17.7. The fourth-order valence-corrected chi connectivity index (χ4v) is 2.35. The first-order valence-electron chi connectivity index (χ1n) is 6.35. The van der Waals surface area contributed by atoms with Crippen molar-refractivity contribution < 1.29 is 14.3 Å². The number of rotatable bonds is 9. The molecule has 0 aliphatic heterocycles. The molecule has 2 N–H and O–H groups in total. The molecule has 0 spiro atoms. The molecule has 1 aromatic rings. The number of hydrogen-bond donors (Lipinski definition) is 2. The zero-order chi connectivity index (χ0) is 14.1. The van der Waals surface area contributed by atoms with E-state index in [9.17, 15) is 0 Å². The molecule has 0 unspecified atom stereocenters. The van der Waals surface area contributed by atoms with Gasteiger partial charge in [0.2, 0.25) is 0 Å². The van der Waals surface area contributed by atoms with Crippen LogP contribution in [0.2, 0.25) is 0 Å². The standard InChI is InChI=1S/C13H19BO3PS/c14-11-13-8-6-12(7-9-13)5-3-1-2-4-10-17-18(15,16)19/h6-9,11H,1-5,10H2,(H2,15,16,19). The molecule has 1 aromatic carbocycles. The van der Waals surface area contributed by atoms with Crippen molar-refractivity contribution in [1.29, 1.82) is 0 Å². The van der Waals surface area contributed by atoms with Crippen LogP contribution in [-0.4, -0.2) is 29.8 Å². The normalized spacial score (nSPS) is 11.4. The fourth-order valence-electron chi connectivity index (χ4n) is 1.76. The van der Waals surface area contributed by atoms with E-state index in [4.69, 9.17) is 21.8 Å². The van der Waals surface area contributed by atoms with E-state index in [1.165, 1.54) is 5.56 Å². The molecular formula is C13H19BO3PS. The van der Waals surface area contributed by atoms with Gasteiger partial charge in [-0.1, -0.05) is 0 Å². The Morgan fingerprint density at radius 2 is 1.74 bits per heavy atom. The quantitative estimate of drug-likeness (QED) is 0.417. The van der Waals surface area contributed by atoms with E-state index in [0.29, 0.717) is 6.61 Å². The monoisotopic (exact) mass is 297 g/mol. The molecule has 0 aliphatic rings. The number of benzene rings is 1. The Balaban J connectivity index is 2.07. The van der Waals surface area contributed by atoms with Gasteiger partial charge in [0.05, 0.1) is 0 Å². The van der Waals surface area contributed by atoms with Crippen molar-refractivity contribution in [2.45, 2.75) is 32.1 Å². The van der Waals surface area contributed by atoms with Crippen molar-refractivity contribution in [3.05, 3.63) is 35.4 Å². The van der Waals surface area contributed by atoms with E-state index in [0.717, 1.165) is 37.7 Å². The van der Waals surface area contributed by atoms with Crippen LogP contribution in [0.1, 0.15) is 36.8 Å². The average molecular weight is 297 g/mol. The molecule has 6 heteroatoms. The predicted octanol–water partition coefficient (Wildman–Crippen LogP) is 2.33. The molecular weight excluding hydrogens is 278 g/mol. The van der Waals surface area contributed by atoms with Crippen molar-refractivity contribution in [1.82, 2.24) is 0 Å². The molecule has 3 nitrogen and oxygen atoms in total. The molecule has 0 amide bonds. The first-order valence-corrected chi connectivity index (χ1v) is 8.98. The van der Waals surface area contributed by atoms with E-state index in [1.807, 2.05) is 12.1 Å². The molecule has 0 saturated carbocycles. The first kappa shape index (κ1) is 16.7. The van der Waals surface area contributed by atoms with Gasteiger partial charge >= 0.3 is 98.8 Å². The maximum atomic E-state index is 8.86. The molecule has 0 saturated heterocycles. The summed E-state index contributed by atoms with van der Waals surface area (Å²) in [5, 5.41) is 0. The Morgan fingerprint density at radius 1 is 1.11 bits per heavy atom. The van der Waals surface area contributed by atoms with E-state index < -0.39 is 6.72 Å². The van der Waals surface area contributed by atoms with Gasteiger partial charge < -0.3 is 9.79 Å². The molecule has 1 radical (unpaired) electrons. The van der Waals surface area contributed by atoms with E-state index in [-0.39, 0.29) is 0 Å². The first-order chi connectivity index (χ1) is 9.01. The Kier molecular flexibility index (Phi) is 7.73. The third-order valence-corrected chi connectivity index (χ3v) is 3.63. The van der Waals surface area contributed by atoms with Gasteiger partial charge in [-0.15, -0.1) is 0 Å². The second kappa shape index (κ2) is 8.78. The Labute approximate surface area is 121 Å². The van der Waals surface area contributed by atoms with Gasteiger partial charge in [0.1, 0.15) is 0 Å². The Hall–Kier alpha value is -0.315. The van der Waals surface area contributed by atoms with Crippen LogP contribution in [0.5, 0.6) is 0 Å². The second-order valence-electron chi connectivity index (χ2n) is 4.40. The van der Waals surface area contributed by atoms with Crippen molar-refractivity contribution in [2.24, 2.45) is 0 Å². The van der Waals surface area contributed by atoms with Crippen LogP contribution in [0.15, 0.2) is 24.3 Å². The Morgan fingerprint density at radius 3 is 2.32 bits per heavy atom. The fraction of sp³-hybridized carbons (Fsp3) is 0.462. The van der Waals surface area contributed by atoms with Crippen molar-refractivity contribution >= 4 is 32.0 Å². The number of aryl methyl sites for hydroxylation is 1. The Bertz CT molecular complexity index is 430. The number of unbranched alkanes of at least 4 members (excludes halogenated alkanes) is 3. The van der Waals surface area contributed by atoms with E-state index in [2.05, 4.69) is 23.9 Å². The van der Waals surface area contributed by atoms with Crippen LogP contribution in [0.3, 0.4) is 0 Å². The van der Waals surface area contributed by atoms with Gasteiger partial charge in [0.15, 0.2) is 0 Å². The zero-order valence-electron chi connectivity index (χ0n) is 10.9. The summed E-state index contributed by atoms with van der Waals surface area (Å²) in [6, 6.07) is 8.21. The summed E-state index contributed by atoms with van der Waals surface area (Å²) in [5.74, 6) is 1.59. The van der Waals surface area contributed by atoms with Crippen LogP contribution in [0.25, 0.3) is 0 Å². The van der Waals surface area contributed by atoms with Crippen molar-refractivity contribution in [3.63, 3.8) is 0 Å². The van der Waals surface area contributed by atoms with Crippen molar-refractivity contribution in [3.8, 4) is 0 Å². The molecule has 0 aliphatic carbocycles. The van der Waals surface area contributed by atoms with Gasteiger partial charge in [0, 0.05) is 0 Å². The summed E-state index contributed by atoms with van der Waals surface area (Å²) in [5.41, 5.74) is 2.34. The molecule has 0 fully saturated rings. The minimum atomic E-state index is -3.46. The van der Waals surface area contributed by atoms with Gasteiger partial charge in [-0.2, -0.15) is 0 Å². The molecule has 0 aromatic heterocycles. The maximum absolute atomic E-state index is 8.86. The minimum absolute atomic E-state index is 0.325. The van der Waals surface area contributed by atoms with E-state index >= 15 is 0 Å². The average Bonchev–Trinajstić information content (AvgIpc) is 2.37. The second-order valence-corrected chi connectivity index (χ2v) is 7.06. The summed E-state index contributed by atoms with van der Waals surface area (Å²) in [6.45, 7) is -3.13. The van der Waals surface area contributed by atoms with Crippen LogP contribution in [0, 0.1) is 0 Å². The van der Waals surface area contributed by atoms with Gasteiger partial charge in [-0.05, 0) is 11.8 Å². The van der Waals surface area contributed by atoms with Crippen LogP contribution in [0.4, 0.5) is 0 Å². The predicted molar refractivity (Wildman–Crippen MR) is 84.2 cm³/mol. The zero-order valence-corrected chi connectivity index (χ0v) is 12.6. The topological polar surface area (TPSA) is 49.7 Å². The third kappa shape index (κ3) is 8.45. The summed E-state index contributed by atoms with van der Waals surface area (Å²) in [6.07, 6.45) is 5.06. The summed E-state index contributed by atoms with van der Waals surface area (Å²) in [7, 11) is 5.42. The van der Waals surface area contributed by atoms with Crippen molar-refractivity contribution in [2.75, 3.05) is 6.61 Å². The van der Waals surface area contributed by atoms with Crippen LogP contribution in [-0.2, 0) is 22.8 Å². The molecule has 1 rings (SSSR count). The van der Waals surface area contributed by atoms with Gasteiger partial charge in [-0.3, -0.25) is 0 Å². The molecule has 19 heavy (non-hydrogen) atoms. The SMILES string of the molecule is [B]=Cc1ccc(CCCCCCOP(O)(O)=S)cc1. The third-order valence-electron chi connectivity index (χ3n) is 2.79. The molecule has 0 bridgehead atoms. The van der Waals surface area contributed by atoms with E-state index in [1.54, 1.807) is 5.97 Å². The molecule has 0 atom stereocenters. The van der Waals surface area contributed by atoms with Gasteiger partial charge in [0.25, 0.3) is 0 Å². The summed E-state index contributed by atoms with van der Waals surface area (Å²) >= 11 is 4.36. The molecule has 103 valence electrons. The molecule has 0 heterocycles. The van der Waals surface area contributed by atoms with Crippen LogP contribution >= 0.6 is 6.72 Å². The van der Waals surface area contributed by atoms with Gasteiger partial charge in [-0.25, -0.2) is 0 Å².